The third-order valence-corrected chi connectivity index (χ3v) is 4.88. The summed E-state index contributed by atoms with van der Waals surface area (Å²) in [5.74, 6) is -0.936. The smallest absolute Gasteiger partial charge is 0.348 e. The van der Waals surface area contributed by atoms with E-state index in [-0.39, 0.29) is 22.6 Å². The van der Waals surface area contributed by atoms with E-state index < -0.39 is 22.0 Å². The van der Waals surface area contributed by atoms with Gasteiger partial charge in [0.05, 0.1) is 17.7 Å². The number of H-pyrrole nitrogens is 1. The second kappa shape index (κ2) is 6.99. The zero-order chi connectivity index (χ0) is 21.6. The van der Waals surface area contributed by atoms with Crippen LogP contribution in [0.4, 0.5) is 10.1 Å². The normalized spacial score (nSPS) is 11.0. The quantitative estimate of drug-likeness (QED) is 0.411. The number of methoxy groups -OCH3 is 1. The lowest BCUT2D eigenvalue weighted by molar-refractivity contribution is -0.384. The monoisotopic (exact) mass is 410 g/mol. The van der Waals surface area contributed by atoms with Crippen LogP contribution in [0.15, 0.2) is 58.3 Å². The van der Waals surface area contributed by atoms with Gasteiger partial charge in [0.2, 0.25) is 0 Å². The Hall–Kier alpha value is -4.21. The molecule has 10 heteroatoms. The molecule has 0 aliphatic rings. The van der Waals surface area contributed by atoms with Crippen molar-refractivity contribution in [1.82, 2.24) is 14.2 Å². The number of benzene rings is 2. The van der Waals surface area contributed by atoms with Gasteiger partial charge < -0.3 is 4.74 Å². The lowest BCUT2D eigenvalue weighted by Gasteiger charge is -2.09. The molecule has 4 aromatic rings. The summed E-state index contributed by atoms with van der Waals surface area (Å²) in [5.41, 5.74) is 0.0569. The minimum atomic E-state index is -0.836. The Kier molecular flexibility index (Phi) is 4.46. The summed E-state index contributed by atoms with van der Waals surface area (Å²) in [6.45, 7) is 1.68. The minimum absolute atomic E-state index is 0.0653. The Morgan fingerprint density at radius 2 is 1.83 bits per heavy atom. The highest BCUT2D eigenvalue weighted by Gasteiger charge is 2.20. The van der Waals surface area contributed by atoms with E-state index in [0.717, 1.165) is 0 Å². The number of nitro groups is 1. The molecule has 4 rings (SSSR count). The van der Waals surface area contributed by atoms with Crippen LogP contribution in [0.25, 0.3) is 22.3 Å². The SMILES string of the molecule is COc1cccc(-n2c(=O)[nH]n3cc(-c4ccc([N+](=O)[O-])cc4)c(C)c3c2=O)c1F. The number of hydrogen-bond acceptors (Lipinski definition) is 5. The van der Waals surface area contributed by atoms with E-state index in [2.05, 4.69) is 5.10 Å². The molecule has 0 radical (unpaired) electrons. The van der Waals surface area contributed by atoms with Crippen molar-refractivity contribution in [2.45, 2.75) is 6.92 Å². The van der Waals surface area contributed by atoms with Crippen molar-refractivity contribution in [2.24, 2.45) is 0 Å². The minimum Gasteiger partial charge on any atom is -0.494 e. The second-order valence-electron chi connectivity index (χ2n) is 6.54. The molecule has 0 atom stereocenters. The Bertz CT molecular complexity index is 1420. The maximum Gasteiger partial charge on any atom is 0.348 e. The number of aromatic amines is 1. The number of aryl methyl sites for hydroxylation is 1. The van der Waals surface area contributed by atoms with Crippen molar-refractivity contribution in [1.29, 1.82) is 0 Å². The lowest BCUT2D eigenvalue weighted by Crippen LogP contribution is -2.36. The zero-order valence-electron chi connectivity index (χ0n) is 15.9. The second-order valence-corrected chi connectivity index (χ2v) is 6.54. The maximum atomic E-state index is 14.7. The van der Waals surface area contributed by atoms with Crippen LogP contribution in [0, 0.1) is 22.9 Å². The summed E-state index contributed by atoms with van der Waals surface area (Å²) in [6.07, 6.45) is 1.54. The Morgan fingerprint density at radius 3 is 2.47 bits per heavy atom. The Balaban J connectivity index is 1.96. The van der Waals surface area contributed by atoms with Crippen molar-refractivity contribution >= 4 is 11.2 Å². The van der Waals surface area contributed by atoms with Gasteiger partial charge in [0.1, 0.15) is 5.52 Å². The van der Waals surface area contributed by atoms with Gasteiger partial charge >= 0.3 is 5.69 Å². The molecule has 0 saturated heterocycles. The predicted octanol–water partition coefficient (Wildman–Crippen LogP) is 2.81. The van der Waals surface area contributed by atoms with E-state index >= 15 is 0 Å². The highest BCUT2D eigenvalue weighted by Crippen LogP contribution is 2.28. The van der Waals surface area contributed by atoms with E-state index in [4.69, 9.17) is 4.74 Å². The average molecular weight is 410 g/mol. The first kappa shape index (κ1) is 19.1. The molecule has 2 aromatic heterocycles. The molecule has 0 unspecified atom stereocenters. The molecule has 0 bridgehead atoms. The first-order chi connectivity index (χ1) is 14.3. The number of fused-ring (bicyclic) bond motifs is 1. The molecule has 0 amide bonds. The third-order valence-electron chi connectivity index (χ3n) is 4.88. The van der Waals surface area contributed by atoms with Gasteiger partial charge in [-0.3, -0.25) is 19.4 Å². The Morgan fingerprint density at radius 1 is 1.13 bits per heavy atom. The van der Waals surface area contributed by atoms with E-state index in [1.54, 1.807) is 25.3 Å². The van der Waals surface area contributed by atoms with Gasteiger partial charge in [-0.1, -0.05) is 6.07 Å². The third kappa shape index (κ3) is 2.85. The van der Waals surface area contributed by atoms with Crippen molar-refractivity contribution < 1.29 is 14.1 Å². The molecule has 0 fully saturated rings. The van der Waals surface area contributed by atoms with Crippen LogP contribution in [0.2, 0.25) is 0 Å². The van der Waals surface area contributed by atoms with Crippen molar-refractivity contribution in [2.75, 3.05) is 7.11 Å². The molecule has 2 heterocycles. The number of nitro benzene ring substituents is 1. The Labute approximate surface area is 167 Å². The first-order valence-corrected chi connectivity index (χ1v) is 8.78. The fourth-order valence-corrected chi connectivity index (χ4v) is 3.40. The van der Waals surface area contributed by atoms with E-state index in [1.807, 2.05) is 0 Å². The number of non-ortho nitro benzene ring substituents is 1. The molecule has 9 nitrogen and oxygen atoms in total. The molecule has 1 N–H and O–H groups in total. The van der Waals surface area contributed by atoms with Crippen molar-refractivity contribution in [3.05, 3.63) is 91.0 Å². The number of ether oxygens (including phenoxy) is 1. The predicted molar refractivity (Wildman–Crippen MR) is 107 cm³/mol. The maximum absolute atomic E-state index is 14.7. The van der Waals surface area contributed by atoms with E-state index in [9.17, 15) is 24.1 Å². The lowest BCUT2D eigenvalue weighted by atomic mass is 10.0. The van der Waals surface area contributed by atoms with E-state index in [0.29, 0.717) is 21.3 Å². The van der Waals surface area contributed by atoms with Gasteiger partial charge in [-0.05, 0) is 42.3 Å². The molecule has 0 saturated carbocycles. The molecule has 0 aliphatic heterocycles. The first-order valence-electron chi connectivity index (χ1n) is 8.78. The number of halogens is 1. The number of aromatic nitrogens is 3. The van der Waals surface area contributed by atoms with Crippen LogP contribution in [0.3, 0.4) is 0 Å². The van der Waals surface area contributed by atoms with Gasteiger partial charge in [-0.25, -0.2) is 18.9 Å². The van der Waals surface area contributed by atoms with Crippen LogP contribution in [0.1, 0.15) is 5.56 Å². The van der Waals surface area contributed by atoms with Gasteiger partial charge in [0.25, 0.3) is 11.2 Å². The standard InChI is InChI=1S/C20H15FN4O5/c1-11-14(12-6-8-13(9-7-12)25(28)29)10-23-18(11)19(26)24(20(27)22-23)15-4-3-5-16(30-2)17(15)21/h3-10H,1-2H3,(H,22,27). The fraction of sp³-hybridized carbons (Fsp3) is 0.100. The summed E-state index contributed by atoms with van der Waals surface area (Å²) in [7, 11) is 1.28. The summed E-state index contributed by atoms with van der Waals surface area (Å²) >= 11 is 0. The van der Waals surface area contributed by atoms with Crippen LogP contribution in [0.5, 0.6) is 5.75 Å². The molecule has 30 heavy (non-hydrogen) atoms. The van der Waals surface area contributed by atoms with Crippen molar-refractivity contribution in [3.63, 3.8) is 0 Å². The molecular formula is C20H15FN4O5. The zero-order valence-corrected chi connectivity index (χ0v) is 15.9. The fourth-order valence-electron chi connectivity index (χ4n) is 3.40. The number of hydrogen-bond donors (Lipinski definition) is 1. The molecular weight excluding hydrogens is 395 g/mol. The van der Waals surface area contributed by atoms with Crippen LogP contribution < -0.4 is 16.0 Å². The highest BCUT2D eigenvalue weighted by atomic mass is 19.1. The summed E-state index contributed by atoms with van der Waals surface area (Å²) in [5, 5.41) is 13.4. The van der Waals surface area contributed by atoms with Gasteiger partial charge in [0.15, 0.2) is 11.6 Å². The molecule has 0 spiro atoms. The summed E-state index contributed by atoms with van der Waals surface area (Å²) in [6, 6.07) is 9.97. The largest absolute Gasteiger partial charge is 0.494 e. The summed E-state index contributed by atoms with van der Waals surface area (Å²) in [4.78, 5) is 36.1. The van der Waals surface area contributed by atoms with Crippen LogP contribution >= 0.6 is 0 Å². The molecule has 2 aromatic carbocycles. The van der Waals surface area contributed by atoms with Crippen molar-refractivity contribution in [3.8, 4) is 22.6 Å². The molecule has 0 aliphatic carbocycles. The molecule has 152 valence electrons. The number of nitrogens with one attached hydrogen (secondary N) is 1. The van der Waals surface area contributed by atoms with Crippen LogP contribution in [-0.2, 0) is 0 Å². The number of nitrogens with zero attached hydrogens (tertiary/aromatic N) is 3. The van der Waals surface area contributed by atoms with E-state index in [1.165, 1.54) is 42.0 Å². The number of rotatable bonds is 4. The van der Waals surface area contributed by atoms with Gasteiger partial charge in [0, 0.05) is 23.9 Å². The average Bonchev–Trinajstić information content (AvgIpc) is 3.05. The van der Waals surface area contributed by atoms with Gasteiger partial charge in [-0.2, -0.15) is 0 Å². The highest BCUT2D eigenvalue weighted by molar-refractivity contribution is 5.76. The summed E-state index contributed by atoms with van der Waals surface area (Å²) < 4.78 is 21.6. The van der Waals surface area contributed by atoms with Crippen LogP contribution in [-0.4, -0.2) is 26.2 Å². The topological polar surface area (TPSA) is 112 Å². The van der Waals surface area contributed by atoms with Gasteiger partial charge in [-0.15, -0.1) is 0 Å².